The number of fused-ring (bicyclic) bond motifs is 4. The average Bonchev–Trinajstić information content (AvgIpc) is 2.52. The Labute approximate surface area is 130 Å². The van der Waals surface area contributed by atoms with Gasteiger partial charge in [0.1, 0.15) is 5.41 Å². The number of ether oxygens (including phenoxy) is 2. The van der Waals surface area contributed by atoms with Crippen LogP contribution in [0.5, 0.6) is 5.88 Å². The van der Waals surface area contributed by atoms with Crippen molar-refractivity contribution in [2.24, 2.45) is 5.92 Å². The van der Waals surface area contributed by atoms with Gasteiger partial charge in [0, 0.05) is 18.4 Å². The summed E-state index contributed by atoms with van der Waals surface area (Å²) >= 11 is 0. The van der Waals surface area contributed by atoms with Gasteiger partial charge >= 0.3 is 5.97 Å². The molecule has 0 saturated carbocycles. The van der Waals surface area contributed by atoms with Crippen LogP contribution >= 0.6 is 0 Å². The maximum absolute atomic E-state index is 12.8. The molecule has 2 aliphatic rings. The Bertz CT molecular complexity index is 690. The molecule has 0 amide bonds. The normalized spacial score (nSPS) is 27.9. The summed E-state index contributed by atoms with van der Waals surface area (Å²) in [5, 5.41) is 0. The molecular weight excluding hydrogens is 278 g/mol. The molecule has 0 spiro atoms. The number of nitrogens with zero attached hydrogens (tertiary/aromatic N) is 1. The second-order valence-corrected chi connectivity index (χ2v) is 5.99. The summed E-state index contributed by atoms with van der Waals surface area (Å²) < 4.78 is 10.4. The number of methoxy groups -OCH3 is 2. The highest BCUT2D eigenvalue weighted by atomic mass is 16.5. The topological polar surface area (TPSA) is 48.4 Å². The van der Waals surface area contributed by atoms with Crippen molar-refractivity contribution < 1.29 is 14.3 Å². The van der Waals surface area contributed by atoms with E-state index in [0.29, 0.717) is 12.3 Å². The van der Waals surface area contributed by atoms with Gasteiger partial charge in [0.2, 0.25) is 5.88 Å². The fraction of sp³-hybridized carbons (Fsp3) is 0.444. The first kappa shape index (κ1) is 14.8. The largest absolute Gasteiger partial charge is 0.481 e. The summed E-state index contributed by atoms with van der Waals surface area (Å²) in [6.45, 7) is 4.08. The number of pyridine rings is 1. The van der Waals surface area contributed by atoms with Crippen LogP contribution in [0, 0.1) is 5.92 Å². The minimum atomic E-state index is -0.736. The Morgan fingerprint density at radius 1 is 1.41 bits per heavy atom. The molecule has 1 aromatic rings. The van der Waals surface area contributed by atoms with Crippen molar-refractivity contribution >= 4 is 5.97 Å². The molecule has 2 aliphatic carbocycles. The first-order valence-electron chi connectivity index (χ1n) is 7.53. The predicted octanol–water partition coefficient (Wildman–Crippen LogP) is 2.97. The van der Waals surface area contributed by atoms with Crippen molar-refractivity contribution in [3.05, 3.63) is 46.7 Å². The van der Waals surface area contributed by atoms with E-state index < -0.39 is 5.41 Å². The second kappa shape index (κ2) is 5.27. The van der Waals surface area contributed by atoms with Crippen molar-refractivity contribution in [2.75, 3.05) is 14.2 Å². The lowest BCUT2D eigenvalue weighted by molar-refractivity contribution is -0.146. The van der Waals surface area contributed by atoms with Crippen LogP contribution in [-0.2, 0) is 21.4 Å². The Morgan fingerprint density at radius 3 is 2.82 bits per heavy atom. The van der Waals surface area contributed by atoms with Crippen LogP contribution in [0.4, 0.5) is 0 Å². The van der Waals surface area contributed by atoms with E-state index in [9.17, 15) is 4.79 Å². The number of esters is 1. The van der Waals surface area contributed by atoms with E-state index in [1.807, 2.05) is 19.1 Å². The average molecular weight is 299 g/mol. The van der Waals surface area contributed by atoms with Gasteiger partial charge in [0.25, 0.3) is 0 Å². The molecule has 4 heteroatoms. The van der Waals surface area contributed by atoms with E-state index in [4.69, 9.17) is 9.47 Å². The predicted molar refractivity (Wildman–Crippen MR) is 83.8 cm³/mol. The van der Waals surface area contributed by atoms with Crippen LogP contribution < -0.4 is 4.74 Å². The van der Waals surface area contributed by atoms with Gasteiger partial charge in [0.05, 0.1) is 19.9 Å². The monoisotopic (exact) mass is 299 g/mol. The van der Waals surface area contributed by atoms with Crippen LogP contribution in [0.1, 0.15) is 31.5 Å². The van der Waals surface area contributed by atoms with Gasteiger partial charge in [-0.25, -0.2) is 4.98 Å². The second-order valence-electron chi connectivity index (χ2n) is 5.99. The molecule has 2 bridgehead atoms. The fourth-order valence-electron chi connectivity index (χ4n) is 4.03. The molecule has 1 unspecified atom stereocenters. The minimum absolute atomic E-state index is 0.199. The minimum Gasteiger partial charge on any atom is -0.481 e. The third kappa shape index (κ3) is 1.90. The van der Waals surface area contributed by atoms with Gasteiger partial charge < -0.3 is 9.47 Å². The molecule has 0 fully saturated rings. The van der Waals surface area contributed by atoms with Crippen LogP contribution in [0.3, 0.4) is 0 Å². The zero-order valence-corrected chi connectivity index (χ0v) is 13.5. The summed E-state index contributed by atoms with van der Waals surface area (Å²) in [4.78, 5) is 17.4. The molecule has 2 atom stereocenters. The molecule has 0 radical (unpaired) electrons. The first-order chi connectivity index (χ1) is 10.6. The summed E-state index contributed by atoms with van der Waals surface area (Å²) in [5.74, 6) is 0.581. The van der Waals surface area contributed by atoms with Crippen molar-refractivity contribution in [3.8, 4) is 5.88 Å². The van der Waals surface area contributed by atoms with Crippen molar-refractivity contribution in [1.82, 2.24) is 4.98 Å². The molecule has 0 aromatic carbocycles. The van der Waals surface area contributed by atoms with Gasteiger partial charge in [-0.05, 0) is 31.4 Å². The van der Waals surface area contributed by atoms with Crippen LogP contribution in [0.15, 0.2) is 35.4 Å². The molecule has 22 heavy (non-hydrogen) atoms. The van der Waals surface area contributed by atoms with Gasteiger partial charge in [-0.1, -0.05) is 23.8 Å². The van der Waals surface area contributed by atoms with Crippen molar-refractivity contribution in [1.29, 1.82) is 0 Å². The Kier molecular flexibility index (Phi) is 3.55. The fourth-order valence-corrected chi connectivity index (χ4v) is 4.03. The molecule has 116 valence electrons. The summed E-state index contributed by atoms with van der Waals surface area (Å²) in [6, 6.07) is 3.79. The van der Waals surface area contributed by atoms with E-state index in [0.717, 1.165) is 23.3 Å². The zero-order chi connectivity index (χ0) is 15.9. The molecule has 3 rings (SSSR count). The molecule has 0 N–H and O–H groups in total. The lowest BCUT2D eigenvalue weighted by atomic mass is 9.58. The quantitative estimate of drug-likeness (QED) is 0.622. The standard InChI is InChI=1S/C18H21NO3/c1-5-13-12-8-11(2)10-18(13,17(20)22-4)14-6-7-16(21-3)19-15(14)9-12/h5-8,12H,9-10H2,1-4H3/b13-5+/t12?,18-/m1/s1. The molecule has 1 heterocycles. The van der Waals surface area contributed by atoms with E-state index in [1.54, 1.807) is 7.11 Å². The SMILES string of the molecule is C/C=C1\C2C=C(C)C[C@]1(C(=O)OC)c1ccc(OC)nc1C2. The van der Waals surface area contributed by atoms with Gasteiger partial charge in [-0.3, -0.25) is 4.79 Å². The highest BCUT2D eigenvalue weighted by Crippen LogP contribution is 2.52. The van der Waals surface area contributed by atoms with Crippen LogP contribution in [-0.4, -0.2) is 25.2 Å². The van der Waals surface area contributed by atoms with Crippen LogP contribution in [0.2, 0.25) is 0 Å². The van der Waals surface area contributed by atoms with Gasteiger partial charge in [0.15, 0.2) is 0 Å². The third-order valence-corrected chi connectivity index (χ3v) is 4.80. The molecular formula is C18H21NO3. The number of rotatable bonds is 2. The van der Waals surface area contributed by atoms with E-state index in [2.05, 4.69) is 24.1 Å². The summed E-state index contributed by atoms with van der Waals surface area (Å²) in [6.07, 6.45) is 5.76. The number of carbonyl (C=O) groups is 1. The Hall–Kier alpha value is -2.10. The highest BCUT2D eigenvalue weighted by Gasteiger charge is 2.53. The molecule has 1 aromatic heterocycles. The van der Waals surface area contributed by atoms with E-state index in [1.165, 1.54) is 12.7 Å². The summed E-state index contributed by atoms with van der Waals surface area (Å²) in [7, 11) is 3.06. The zero-order valence-electron chi connectivity index (χ0n) is 13.5. The highest BCUT2D eigenvalue weighted by molar-refractivity contribution is 5.89. The van der Waals surface area contributed by atoms with Gasteiger partial charge in [-0.15, -0.1) is 0 Å². The number of allylic oxidation sites excluding steroid dienone is 3. The summed E-state index contributed by atoms with van der Waals surface area (Å²) in [5.41, 5.74) is 3.51. The molecule has 0 saturated heterocycles. The number of carbonyl (C=O) groups excluding carboxylic acids is 1. The lowest BCUT2D eigenvalue weighted by Crippen LogP contribution is -2.47. The molecule has 4 nitrogen and oxygen atoms in total. The van der Waals surface area contributed by atoms with Crippen molar-refractivity contribution in [2.45, 2.75) is 32.1 Å². The number of aromatic nitrogens is 1. The van der Waals surface area contributed by atoms with Gasteiger partial charge in [-0.2, -0.15) is 0 Å². The van der Waals surface area contributed by atoms with E-state index in [-0.39, 0.29) is 11.9 Å². The third-order valence-electron chi connectivity index (χ3n) is 4.80. The van der Waals surface area contributed by atoms with E-state index >= 15 is 0 Å². The number of hydrogen-bond donors (Lipinski definition) is 0. The van der Waals surface area contributed by atoms with Crippen LogP contribution in [0.25, 0.3) is 0 Å². The smallest absolute Gasteiger partial charge is 0.320 e. The number of hydrogen-bond acceptors (Lipinski definition) is 4. The molecule has 0 aliphatic heterocycles. The maximum atomic E-state index is 12.8. The Morgan fingerprint density at radius 2 is 2.18 bits per heavy atom. The lowest BCUT2D eigenvalue weighted by Gasteiger charge is -2.45. The first-order valence-corrected chi connectivity index (χ1v) is 7.53. The van der Waals surface area contributed by atoms with Crippen molar-refractivity contribution in [3.63, 3.8) is 0 Å². The Balaban J connectivity index is 2.29. The maximum Gasteiger partial charge on any atom is 0.320 e.